The Labute approximate surface area is 195 Å². The molecule has 0 saturated carbocycles. The van der Waals surface area contributed by atoms with E-state index in [4.69, 9.17) is 4.74 Å². The average Bonchev–Trinajstić information content (AvgIpc) is 2.75. The molecule has 0 unspecified atom stereocenters. The molecular weight excluding hydrogens is 419 g/mol. The summed E-state index contributed by atoms with van der Waals surface area (Å²) in [6.07, 6.45) is -0.631. The van der Waals surface area contributed by atoms with E-state index >= 15 is 0 Å². The van der Waals surface area contributed by atoms with Gasteiger partial charge in [-0.15, -0.1) is 0 Å². The number of alkyl carbamates (subject to hydrolysis) is 1. The number of hydrogen-bond acceptors (Lipinski definition) is 5. The topological polar surface area (TPSA) is 68.6 Å². The maximum Gasteiger partial charge on any atom is 0.408 e. The van der Waals surface area contributed by atoms with Crippen LogP contribution in [0.5, 0.6) is 0 Å². The monoisotopic (exact) mass is 452 g/mol. The molecule has 1 N–H and O–H groups in total. The molecule has 0 spiro atoms. The highest BCUT2D eigenvalue weighted by Gasteiger charge is 2.20. The van der Waals surface area contributed by atoms with Crippen molar-refractivity contribution in [2.75, 3.05) is 33.2 Å². The number of piperazine rings is 1. The number of nitrogens with one attached hydrogen (secondary N) is 1. The van der Waals surface area contributed by atoms with Crippen LogP contribution in [0.3, 0.4) is 0 Å². The second kappa shape index (κ2) is 10.8. The third-order valence-corrected chi connectivity index (χ3v) is 5.61. The van der Waals surface area contributed by atoms with Crippen LogP contribution in [0.1, 0.15) is 31.9 Å². The molecule has 1 heterocycles. The van der Waals surface area contributed by atoms with E-state index in [9.17, 15) is 14.4 Å². The number of carbonyl (C=O) groups excluding carboxylic acids is 1. The molecule has 1 fully saturated rings. The summed E-state index contributed by atoms with van der Waals surface area (Å²) < 4.78 is 20.0. The lowest BCUT2D eigenvalue weighted by atomic mass is 9.99. The van der Waals surface area contributed by atoms with Crippen LogP contribution in [0, 0.1) is 17.1 Å². The number of nitrogens with zero attached hydrogens (tertiary/aromatic N) is 3. The van der Waals surface area contributed by atoms with E-state index in [1.165, 1.54) is 11.6 Å². The van der Waals surface area contributed by atoms with Gasteiger partial charge in [0.05, 0.1) is 6.07 Å². The van der Waals surface area contributed by atoms with Gasteiger partial charge < -0.3 is 15.0 Å². The lowest BCUT2D eigenvalue weighted by molar-refractivity contribution is 0.0515. The van der Waals surface area contributed by atoms with Crippen LogP contribution in [-0.4, -0.2) is 60.8 Å². The summed E-state index contributed by atoms with van der Waals surface area (Å²) in [6, 6.07) is 14.3. The fourth-order valence-corrected chi connectivity index (χ4v) is 3.76. The number of amides is 1. The first-order chi connectivity index (χ1) is 15.6. The van der Waals surface area contributed by atoms with Gasteiger partial charge in [-0.05, 0) is 56.1 Å². The normalized spacial score (nSPS) is 16.1. The van der Waals surface area contributed by atoms with Crippen molar-refractivity contribution in [2.45, 2.75) is 45.4 Å². The quantitative estimate of drug-likeness (QED) is 0.712. The van der Waals surface area contributed by atoms with Crippen molar-refractivity contribution in [1.29, 1.82) is 5.26 Å². The number of ether oxygens (including phenoxy) is 1. The Kier molecular flexibility index (Phi) is 8.06. The standard InChI is InChI=1S/C26H33FN4O2/c1-26(2,3)33-25(32)29-23(17-28)15-22-10-9-21(16-24(22)27)20-7-5-19(6-8-20)18-31-13-11-30(4)12-14-31/h5-10,16,23H,11-15,18H2,1-4H3,(H,29,32)/t23-/m0/s1. The van der Waals surface area contributed by atoms with Gasteiger partial charge in [0.15, 0.2) is 0 Å². The first-order valence-corrected chi connectivity index (χ1v) is 11.3. The van der Waals surface area contributed by atoms with Crippen molar-refractivity contribution in [2.24, 2.45) is 0 Å². The van der Waals surface area contributed by atoms with E-state index < -0.39 is 23.6 Å². The zero-order chi connectivity index (χ0) is 24.0. The number of benzene rings is 2. The molecule has 3 rings (SSSR count). The first kappa shape index (κ1) is 24.7. The number of carbonyl (C=O) groups is 1. The largest absolute Gasteiger partial charge is 0.444 e. The van der Waals surface area contributed by atoms with E-state index in [1.807, 2.05) is 24.3 Å². The molecule has 33 heavy (non-hydrogen) atoms. The van der Waals surface area contributed by atoms with Gasteiger partial charge in [-0.1, -0.05) is 36.4 Å². The van der Waals surface area contributed by atoms with E-state index in [2.05, 4.69) is 34.3 Å². The molecule has 0 bridgehead atoms. The molecule has 1 atom stereocenters. The number of halogens is 1. The molecule has 1 aliphatic rings. The number of rotatable bonds is 6. The Morgan fingerprint density at radius 2 is 1.76 bits per heavy atom. The van der Waals surface area contributed by atoms with E-state index in [-0.39, 0.29) is 6.42 Å². The highest BCUT2D eigenvalue weighted by atomic mass is 19.1. The van der Waals surface area contributed by atoms with Gasteiger partial charge in [-0.3, -0.25) is 4.90 Å². The SMILES string of the molecule is CN1CCN(Cc2ccc(-c3ccc(C[C@@H](C#N)NC(=O)OC(C)(C)C)c(F)c3)cc2)CC1. The van der Waals surface area contributed by atoms with Crippen LogP contribution >= 0.6 is 0 Å². The minimum absolute atomic E-state index is 0.0613. The van der Waals surface area contributed by atoms with Crippen molar-refractivity contribution in [3.05, 3.63) is 59.4 Å². The molecule has 1 aliphatic heterocycles. The van der Waals surface area contributed by atoms with E-state index in [0.717, 1.165) is 43.9 Å². The molecule has 1 amide bonds. The zero-order valence-corrected chi connectivity index (χ0v) is 19.9. The molecule has 176 valence electrons. The lowest BCUT2D eigenvalue weighted by Crippen LogP contribution is -2.43. The van der Waals surface area contributed by atoms with Gasteiger partial charge in [0.25, 0.3) is 0 Å². The molecular formula is C26H33FN4O2. The second-order valence-electron chi connectivity index (χ2n) is 9.61. The molecule has 0 aromatic heterocycles. The van der Waals surface area contributed by atoms with Crippen LogP contribution in [0.2, 0.25) is 0 Å². The lowest BCUT2D eigenvalue weighted by Gasteiger charge is -2.32. The maximum absolute atomic E-state index is 14.8. The fourth-order valence-electron chi connectivity index (χ4n) is 3.76. The minimum Gasteiger partial charge on any atom is -0.444 e. The zero-order valence-electron chi connectivity index (χ0n) is 19.9. The summed E-state index contributed by atoms with van der Waals surface area (Å²) in [6.45, 7) is 10.5. The molecule has 0 radical (unpaired) electrons. The molecule has 2 aromatic rings. The number of hydrogen-bond donors (Lipinski definition) is 1. The van der Waals surface area contributed by atoms with Crippen LogP contribution in [0.15, 0.2) is 42.5 Å². The molecule has 1 saturated heterocycles. The Hall–Kier alpha value is -2.95. The third kappa shape index (κ3) is 7.55. The van der Waals surface area contributed by atoms with Crippen LogP contribution < -0.4 is 5.32 Å². The van der Waals surface area contributed by atoms with Crippen molar-refractivity contribution < 1.29 is 13.9 Å². The summed E-state index contributed by atoms with van der Waals surface area (Å²) >= 11 is 0. The van der Waals surface area contributed by atoms with Crippen LogP contribution in [-0.2, 0) is 17.7 Å². The number of nitriles is 1. The fraction of sp³-hybridized carbons (Fsp3) is 0.462. The summed E-state index contributed by atoms with van der Waals surface area (Å²) in [5.74, 6) is -0.403. The highest BCUT2D eigenvalue weighted by Crippen LogP contribution is 2.24. The average molecular weight is 453 g/mol. The summed E-state index contributed by atoms with van der Waals surface area (Å²) in [5, 5.41) is 11.9. The Balaban J connectivity index is 1.61. The van der Waals surface area contributed by atoms with Gasteiger partial charge in [0.1, 0.15) is 17.5 Å². The first-order valence-electron chi connectivity index (χ1n) is 11.3. The molecule has 7 heteroatoms. The van der Waals surface area contributed by atoms with Crippen LogP contribution in [0.4, 0.5) is 9.18 Å². The predicted molar refractivity (Wildman–Crippen MR) is 127 cm³/mol. The Morgan fingerprint density at radius 3 is 2.33 bits per heavy atom. The van der Waals surface area contributed by atoms with Gasteiger partial charge in [-0.2, -0.15) is 5.26 Å². The summed E-state index contributed by atoms with van der Waals surface area (Å²) in [7, 11) is 2.15. The maximum atomic E-state index is 14.8. The summed E-state index contributed by atoms with van der Waals surface area (Å²) in [5.41, 5.74) is 2.65. The second-order valence-corrected chi connectivity index (χ2v) is 9.61. The van der Waals surface area contributed by atoms with Gasteiger partial charge >= 0.3 is 6.09 Å². The predicted octanol–water partition coefficient (Wildman–Crippen LogP) is 4.20. The molecule has 2 aromatic carbocycles. The molecule has 0 aliphatic carbocycles. The van der Waals surface area contributed by atoms with Crippen molar-refractivity contribution >= 4 is 6.09 Å². The van der Waals surface area contributed by atoms with Gasteiger partial charge in [0.2, 0.25) is 0 Å². The number of likely N-dealkylation sites (N-methyl/N-ethyl adjacent to an activating group) is 1. The van der Waals surface area contributed by atoms with Gasteiger partial charge in [0, 0.05) is 39.1 Å². The molecule has 6 nitrogen and oxygen atoms in total. The van der Waals surface area contributed by atoms with E-state index in [1.54, 1.807) is 26.8 Å². The van der Waals surface area contributed by atoms with Crippen molar-refractivity contribution in [1.82, 2.24) is 15.1 Å². The van der Waals surface area contributed by atoms with E-state index in [0.29, 0.717) is 5.56 Å². The van der Waals surface area contributed by atoms with Crippen LogP contribution in [0.25, 0.3) is 11.1 Å². The van der Waals surface area contributed by atoms with Gasteiger partial charge in [-0.25, -0.2) is 9.18 Å². The highest BCUT2D eigenvalue weighted by molar-refractivity contribution is 5.68. The van der Waals surface area contributed by atoms with Crippen molar-refractivity contribution in [3.8, 4) is 17.2 Å². The third-order valence-electron chi connectivity index (χ3n) is 5.61. The Morgan fingerprint density at radius 1 is 1.12 bits per heavy atom. The Bertz CT molecular complexity index is 987. The summed E-state index contributed by atoms with van der Waals surface area (Å²) in [4.78, 5) is 16.7. The smallest absolute Gasteiger partial charge is 0.408 e. The minimum atomic E-state index is -0.881. The van der Waals surface area contributed by atoms with Crippen molar-refractivity contribution in [3.63, 3.8) is 0 Å².